The summed E-state index contributed by atoms with van der Waals surface area (Å²) in [6, 6.07) is 3.72. The molecule has 1 saturated heterocycles. The van der Waals surface area contributed by atoms with Crippen molar-refractivity contribution in [3.8, 4) is 0 Å². The van der Waals surface area contributed by atoms with Gasteiger partial charge in [-0.1, -0.05) is 0 Å². The average molecular weight is 322 g/mol. The topological polar surface area (TPSA) is 20.3 Å². The minimum atomic E-state index is -2.68. The van der Waals surface area contributed by atoms with Crippen molar-refractivity contribution in [3.05, 3.63) is 34.1 Å². The highest BCUT2D eigenvalue weighted by atomic mass is 79.9. The van der Waals surface area contributed by atoms with Crippen LogP contribution in [0.25, 0.3) is 0 Å². The standard InChI is InChI=1S/C12H11BrF3NO/c13-10-7-8(14)1-2-9(10)11(18)17-5-3-12(15,16)4-6-17/h1-2,7H,3-6H2. The van der Waals surface area contributed by atoms with Crippen molar-refractivity contribution >= 4 is 21.8 Å². The highest BCUT2D eigenvalue weighted by molar-refractivity contribution is 9.10. The molecule has 0 atom stereocenters. The minimum absolute atomic E-state index is 0.0235. The molecule has 1 amide bonds. The van der Waals surface area contributed by atoms with Gasteiger partial charge in [-0.05, 0) is 34.1 Å². The zero-order valence-corrected chi connectivity index (χ0v) is 11.0. The molecule has 1 heterocycles. The molecule has 2 nitrogen and oxygen atoms in total. The molecular weight excluding hydrogens is 311 g/mol. The van der Waals surface area contributed by atoms with Crippen LogP contribution in [0.3, 0.4) is 0 Å². The number of rotatable bonds is 1. The van der Waals surface area contributed by atoms with Gasteiger partial charge in [0.2, 0.25) is 0 Å². The summed E-state index contributed by atoms with van der Waals surface area (Å²) in [5.74, 6) is -3.49. The second-order valence-electron chi connectivity index (χ2n) is 4.27. The van der Waals surface area contributed by atoms with Crippen LogP contribution < -0.4 is 0 Å². The first-order chi connectivity index (χ1) is 8.39. The summed E-state index contributed by atoms with van der Waals surface area (Å²) < 4.78 is 39.2. The third kappa shape index (κ3) is 2.85. The summed E-state index contributed by atoms with van der Waals surface area (Å²) in [7, 11) is 0. The van der Waals surface area contributed by atoms with Crippen LogP contribution in [-0.4, -0.2) is 29.8 Å². The Kier molecular flexibility index (Phi) is 3.66. The van der Waals surface area contributed by atoms with Gasteiger partial charge in [-0.15, -0.1) is 0 Å². The quantitative estimate of drug-likeness (QED) is 0.775. The molecule has 0 radical (unpaired) electrons. The predicted octanol–water partition coefficient (Wildman–Crippen LogP) is 3.46. The van der Waals surface area contributed by atoms with Crippen LogP contribution in [0.5, 0.6) is 0 Å². The summed E-state index contributed by atoms with van der Waals surface area (Å²) in [5, 5.41) is 0. The van der Waals surface area contributed by atoms with Crippen LogP contribution >= 0.6 is 15.9 Å². The monoisotopic (exact) mass is 321 g/mol. The molecule has 1 aromatic rings. The van der Waals surface area contributed by atoms with Crippen molar-refractivity contribution in [2.24, 2.45) is 0 Å². The Bertz CT molecular complexity index is 468. The summed E-state index contributed by atoms with van der Waals surface area (Å²) in [4.78, 5) is 13.4. The maximum atomic E-state index is 13.0. The van der Waals surface area contributed by atoms with Crippen LogP contribution in [0.1, 0.15) is 23.2 Å². The highest BCUT2D eigenvalue weighted by Gasteiger charge is 2.36. The number of amides is 1. The number of halogens is 4. The van der Waals surface area contributed by atoms with Crippen LogP contribution in [0.15, 0.2) is 22.7 Å². The number of nitrogens with zero attached hydrogens (tertiary/aromatic N) is 1. The molecule has 98 valence electrons. The van der Waals surface area contributed by atoms with Gasteiger partial charge >= 0.3 is 0 Å². The second-order valence-corrected chi connectivity index (χ2v) is 5.13. The van der Waals surface area contributed by atoms with Crippen molar-refractivity contribution in [3.63, 3.8) is 0 Å². The number of benzene rings is 1. The molecule has 6 heteroatoms. The molecule has 18 heavy (non-hydrogen) atoms. The SMILES string of the molecule is O=C(c1ccc(F)cc1Br)N1CCC(F)(F)CC1. The van der Waals surface area contributed by atoms with E-state index in [9.17, 15) is 18.0 Å². The van der Waals surface area contributed by atoms with E-state index in [0.29, 0.717) is 10.0 Å². The van der Waals surface area contributed by atoms with E-state index in [4.69, 9.17) is 0 Å². The van der Waals surface area contributed by atoms with Gasteiger partial charge in [0.05, 0.1) is 5.56 Å². The van der Waals surface area contributed by atoms with Crippen LogP contribution in [0.2, 0.25) is 0 Å². The lowest BCUT2D eigenvalue weighted by Gasteiger charge is -2.32. The van der Waals surface area contributed by atoms with Crippen molar-refractivity contribution in [2.45, 2.75) is 18.8 Å². The Morgan fingerprint density at radius 2 is 1.89 bits per heavy atom. The maximum absolute atomic E-state index is 13.0. The first kappa shape index (κ1) is 13.4. The number of hydrogen-bond acceptors (Lipinski definition) is 1. The van der Waals surface area contributed by atoms with Crippen molar-refractivity contribution < 1.29 is 18.0 Å². The number of alkyl halides is 2. The average Bonchev–Trinajstić information content (AvgIpc) is 2.28. The van der Waals surface area contributed by atoms with Gasteiger partial charge in [-0.2, -0.15) is 0 Å². The van der Waals surface area contributed by atoms with E-state index in [-0.39, 0.29) is 31.8 Å². The van der Waals surface area contributed by atoms with Crippen LogP contribution in [-0.2, 0) is 0 Å². The molecule has 2 rings (SSSR count). The fourth-order valence-electron chi connectivity index (χ4n) is 1.87. The molecule has 0 spiro atoms. The Balaban J connectivity index is 2.13. The van der Waals surface area contributed by atoms with Crippen LogP contribution in [0, 0.1) is 5.82 Å². The molecule has 0 saturated carbocycles. The summed E-state index contributed by atoms with van der Waals surface area (Å²) in [6.45, 7) is 0.0469. The van der Waals surface area contributed by atoms with E-state index in [1.165, 1.54) is 23.1 Å². The van der Waals surface area contributed by atoms with E-state index in [2.05, 4.69) is 15.9 Å². The van der Waals surface area contributed by atoms with Gasteiger partial charge in [0, 0.05) is 30.4 Å². The van der Waals surface area contributed by atoms with Crippen molar-refractivity contribution in [2.75, 3.05) is 13.1 Å². The Morgan fingerprint density at radius 3 is 2.44 bits per heavy atom. The Hall–Kier alpha value is -1.04. The first-order valence-corrected chi connectivity index (χ1v) is 6.30. The predicted molar refractivity (Wildman–Crippen MR) is 64.2 cm³/mol. The Labute approximate surface area is 111 Å². The molecule has 0 N–H and O–H groups in total. The summed E-state index contributed by atoms with van der Waals surface area (Å²) >= 11 is 3.10. The summed E-state index contributed by atoms with van der Waals surface area (Å²) in [5.41, 5.74) is 0.293. The number of carbonyl (C=O) groups is 1. The minimum Gasteiger partial charge on any atom is -0.338 e. The van der Waals surface area contributed by atoms with Gasteiger partial charge < -0.3 is 4.90 Å². The Morgan fingerprint density at radius 1 is 1.28 bits per heavy atom. The maximum Gasteiger partial charge on any atom is 0.255 e. The first-order valence-electron chi connectivity index (χ1n) is 5.51. The number of piperidine rings is 1. The highest BCUT2D eigenvalue weighted by Crippen LogP contribution is 2.29. The molecule has 1 aromatic carbocycles. The fourth-order valence-corrected chi connectivity index (χ4v) is 2.39. The van der Waals surface area contributed by atoms with E-state index in [1.807, 2.05) is 0 Å². The second kappa shape index (κ2) is 4.91. The molecular formula is C12H11BrF3NO. The number of likely N-dealkylation sites (tertiary alicyclic amines) is 1. The molecule has 1 fully saturated rings. The smallest absolute Gasteiger partial charge is 0.255 e. The normalized spacial score (nSPS) is 18.8. The number of hydrogen-bond donors (Lipinski definition) is 0. The van der Waals surface area contributed by atoms with Gasteiger partial charge in [-0.25, -0.2) is 13.2 Å². The van der Waals surface area contributed by atoms with E-state index >= 15 is 0 Å². The molecule has 0 aromatic heterocycles. The molecule has 0 bridgehead atoms. The van der Waals surface area contributed by atoms with Gasteiger partial charge in [-0.3, -0.25) is 4.79 Å². The van der Waals surface area contributed by atoms with Crippen molar-refractivity contribution in [1.82, 2.24) is 4.90 Å². The number of carbonyl (C=O) groups excluding carboxylic acids is 1. The largest absolute Gasteiger partial charge is 0.338 e. The third-order valence-corrected chi connectivity index (χ3v) is 3.60. The van der Waals surface area contributed by atoms with Gasteiger partial charge in [0.15, 0.2) is 0 Å². The lowest BCUT2D eigenvalue weighted by atomic mass is 10.1. The van der Waals surface area contributed by atoms with E-state index in [1.54, 1.807) is 0 Å². The fraction of sp³-hybridized carbons (Fsp3) is 0.417. The lowest BCUT2D eigenvalue weighted by Crippen LogP contribution is -2.42. The molecule has 0 aliphatic carbocycles. The molecule has 1 aliphatic heterocycles. The van der Waals surface area contributed by atoms with Crippen LogP contribution in [0.4, 0.5) is 13.2 Å². The summed E-state index contributed by atoms with van der Waals surface area (Å²) in [6.07, 6.45) is -0.644. The van der Waals surface area contributed by atoms with Crippen molar-refractivity contribution in [1.29, 1.82) is 0 Å². The molecule has 0 unspecified atom stereocenters. The van der Waals surface area contributed by atoms with Gasteiger partial charge in [0.25, 0.3) is 11.8 Å². The molecule has 1 aliphatic rings. The third-order valence-electron chi connectivity index (χ3n) is 2.94. The lowest BCUT2D eigenvalue weighted by molar-refractivity contribution is -0.0494. The van der Waals surface area contributed by atoms with E-state index in [0.717, 1.165) is 0 Å². The van der Waals surface area contributed by atoms with Gasteiger partial charge in [0.1, 0.15) is 5.82 Å². The zero-order chi connectivity index (χ0) is 13.3. The zero-order valence-electron chi connectivity index (χ0n) is 9.43. The van der Waals surface area contributed by atoms with E-state index < -0.39 is 11.7 Å².